The molecule has 0 atom stereocenters. The van der Waals surface area contributed by atoms with Gasteiger partial charge in [0.05, 0.1) is 4.91 Å². The van der Waals surface area contributed by atoms with Crippen molar-refractivity contribution in [2.24, 2.45) is 17.8 Å². The van der Waals surface area contributed by atoms with E-state index in [2.05, 4.69) is 5.32 Å². The molecule has 0 aromatic heterocycles. The summed E-state index contributed by atoms with van der Waals surface area (Å²) < 4.78 is 10.6. The van der Waals surface area contributed by atoms with E-state index >= 15 is 0 Å². The molecule has 7 nitrogen and oxygen atoms in total. The minimum Gasteiger partial charge on any atom is -0.454 e. The van der Waals surface area contributed by atoms with Gasteiger partial charge in [-0.2, -0.15) is 0 Å². The van der Waals surface area contributed by atoms with Gasteiger partial charge in [0.15, 0.2) is 11.5 Å². The van der Waals surface area contributed by atoms with Crippen molar-refractivity contribution in [2.45, 2.75) is 32.1 Å². The van der Waals surface area contributed by atoms with Crippen LogP contribution >= 0.6 is 11.8 Å². The van der Waals surface area contributed by atoms with Crippen molar-refractivity contribution < 1.29 is 23.9 Å². The van der Waals surface area contributed by atoms with Crippen molar-refractivity contribution in [2.75, 3.05) is 19.9 Å². The van der Waals surface area contributed by atoms with Crippen LogP contribution in [0.5, 0.6) is 11.5 Å². The van der Waals surface area contributed by atoms with Crippen LogP contribution in [0.3, 0.4) is 0 Å². The van der Waals surface area contributed by atoms with Crippen LogP contribution in [0.15, 0.2) is 23.1 Å². The molecule has 5 rings (SSSR count). The number of thioether (sulfide) groups is 1. The molecule has 0 unspecified atom stereocenters. The van der Waals surface area contributed by atoms with Gasteiger partial charge in [-0.3, -0.25) is 19.3 Å². The van der Waals surface area contributed by atoms with E-state index < -0.39 is 0 Å². The summed E-state index contributed by atoms with van der Waals surface area (Å²) in [5, 5.41) is 2.58. The van der Waals surface area contributed by atoms with Crippen LogP contribution in [0.4, 0.5) is 4.79 Å². The van der Waals surface area contributed by atoms with Gasteiger partial charge in [0.25, 0.3) is 11.1 Å². The number of ether oxygens (including phenoxy) is 2. The molecule has 1 aromatic carbocycles. The molecule has 2 saturated carbocycles. The highest BCUT2D eigenvalue weighted by atomic mass is 32.2. The quantitative estimate of drug-likeness (QED) is 0.639. The number of rotatable bonds is 8. The van der Waals surface area contributed by atoms with Crippen molar-refractivity contribution in [1.82, 2.24) is 10.2 Å². The van der Waals surface area contributed by atoms with Crippen molar-refractivity contribution in [3.8, 4) is 11.5 Å². The standard InChI is InChI=1S/C22H24N2O5S/c25-20(11-16(14-2-3-14)15-4-5-15)23-7-8-24-21(26)19(30-22(24)27)10-13-1-6-17-18(9-13)29-12-28-17/h1,6,9-10,14-16H,2-5,7-8,11-12H2,(H,23,25)/b19-10+. The lowest BCUT2D eigenvalue weighted by Gasteiger charge is -2.16. The second-order valence-corrected chi connectivity index (χ2v) is 9.33. The predicted octanol–water partition coefficient (Wildman–Crippen LogP) is 3.39. The Labute approximate surface area is 179 Å². The Kier molecular flexibility index (Phi) is 5.18. The van der Waals surface area contributed by atoms with Crippen LogP contribution in [-0.4, -0.2) is 41.8 Å². The third-order valence-corrected chi connectivity index (χ3v) is 7.01. The van der Waals surface area contributed by atoms with Gasteiger partial charge in [0.1, 0.15) is 0 Å². The Hall–Kier alpha value is -2.48. The molecular weight excluding hydrogens is 404 g/mol. The zero-order valence-corrected chi connectivity index (χ0v) is 17.4. The fourth-order valence-corrected chi connectivity index (χ4v) is 5.07. The van der Waals surface area contributed by atoms with Crippen LogP contribution in [0.1, 0.15) is 37.7 Å². The van der Waals surface area contributed by atoms with Gasteiger partial charge in [0, 0.05) is 19.5 Å². The summed E-state index contributed by atoms with van der Waals surface area (Å²) in [4.78, 5) is 38.8. The van der Waals surface area contributed by atoms with Gasteiger partial charge in [0.2, 0.25) is 12.7 Å². The van der Waals surface area contributed by atoms with Gasteiger partial charge >= 0.3 is 0 Å². The monoisotopic (exact) mass is 428 g/mol. The van der Waals surface area contributed by atoms with Crippen molar-refractivity contribution >= 4 is 34.9 Å². The lowest BCUT2D eigenvalue weighted by molar-refractivity contribution is -0.124. The fourth-order valence-electron chi connectivity index (χ4n) is 4.21. The Bertz CT molecular complexity index is 910. The minimum absolute atomic E-state index is 0.0293. The zero-order valence-electron chi connectivity index (χ0n) is 16.6. The number of nitrogens with one attached hydrogen (secondary N) is 1. The van der Waals surface area contributed by atoms with E-state index in [0.717, 1.165) is 29.2 Å². The van der Waals surface area contributed by atoms with E-state index in [4.69, 9.17) is 9.47 Å². The Morgan fingerprint density at radius 1 is 1.17 bits per heavy atom. The number of carbonyl (C=O) groups excluding carboxylic acids is 3. The molecule has 8 heteroatoms. The third-order valence-electron chi connectivity index (χ3n) is 6.10. The maximum absolute atomic E-state index is 12.7. The normalized spacial score (nSPS) is 21.8. The molecule has 2 heterocycles. The molecule has 158 valence electrons. The van der Waals surface area contributed by atoms with Crippen molar-refractivity contribution in [3.63, 3.8) is 0 Å². The van der Waals surface area contributed by atoms with Gasteiger partial charge in [-0.15, -0.1) is 0 Å². The van der Waals surface area contributed by atoms with Gasteiger partial charge < -0.3 is 14.8 Å². The van der Waals surface area contributed by atoms with Crippen LogP contribution in [-0.2, 0) is 9.59 Å². The van der Waals surface area contributed by atoms with Crippen molar-refractivity contribution in [1.29, 1.82) is 0 Å². The average molecular weight is 429 g/mol. The van der Waals surface area contributed by atoms with Gasteiger partial charge in [-0.1, -0.05) is 6.07 Å². The van der Waals surface area contributed by atoms with E-state index in [9.17, 15) is 14.4 Å². The van der Waals surface area contributed by atoms with E-state index in [0.29, 0.717) is 28.7 Å². The molecule has 4 aliphatic rings. The lowest BCUT2D eigenvalue weighted by Crippen LogP contribution is -2.37. The predicted molar refractivity (Wildman–Crippen MR) is 112 cm³/mol. The second kappa shape index (κ2) is 7.98. The summed E-state index contributed by atoms with van der Waals surface area (Å²) >= 11 is 0.918. The van der Waals surface area contributed by atoms with Crippen LogP contribution in [0, 0.1) is 17.8 Å². The summed E-state index contributed by atoms with van der Waals surface area (Å²) in [5.41, 5.74) is 0.768. The number of nitrogens with zero attached hydrogens (tertiary/aromatic N) is 1. The number of hydrogen-bond acceptors (Lipinski definition) is 6. The number of hydrogen-bond donors (Lipinski definition) is 1. The van der Waals surface area contributed by atoms with E-state index in [1.807, 2.05) is 6.07 Å². The summed E-state index contributed by atoms with van der Waals surface area (Å²) in [6, 6.07) is 5.38. The molecule has 3 fully saturated rings. The SMILES string of the molecule is O=C(CC(C1CC1)C1CC1)NCCN1C(=O)S/C(=C/c2ccc3c(c2)OCO3)C1=O. The Balaban J connectivity index is 1.14. The summed E-state index contributed by atoms with van der Waals surface area (Å²) in [7, 11) is 0. The van der Waals surface area contributed by atoms with Gasteiger partial charge in [-0.25, -0.2) is 0 Å². The Morgan fingerprint density at radius 3 is 2.63 bits per heavy atom. The molecule has 2 aliphatic carbocycles. The highest BCUT2D eigenvalue weighted by molar-refractivity contribution is 8.18. The second-order valence-electron chi connectivity index (χ2n) is 8.34. The molecule has 1 aromatic rings. The highest BCUT2D eigenvalue weighted by Crippen LogP contribution is 2.50. The molecule has 3 amide bonds. The summed E-state index contributed by atoms with van der Waals surface area (Å²) in [5.74, 6) is 2.97. The van der Waals surface area contributed by atoms with Crippen LogP contribution < -0.4 is 14.8 Å². The third kappa shape index (κ3) is 4.19. The molecular formula is C22H24N2O5S. The lowest BCUT2D eigenvalue weighted by atomic mass is 9.94. The maximum atomic E-state index is 12.7. The summed E-state index contributed by atoms with van der Waals surface area (Å²) in [6.07, 6.45) is 7.26. The topological polar surface area (TPSA) is 84.9 Å². The van der Waals surface area contributed by atoms with Crippen LogP contribution in [0.25, 0.3) is 6.08 Å². The first-order valence-electron chi connectivity index (χ1n) is 10.5. The van der Waals surface area contributed by atoms with E-state index in [1.165, 1.54) is 30.6 Å². The van der Waals surface area contributed by atoms with E-state index in [-0.39, 0.29) is 36.9 Å². The Morgan fingerprint density at radius 2 is 1.90 bits per heavy atom. The number of imide groups is 1. The first kappa shape index (κ1) is 19.5. The van der Waals surface area contributed by atoms with Crippen molar-refractivity contribution in [3.05, 3.63) is 28.7 Å². The molecule has 2 aliphatic heterocycles. The molecule has 30 heavy (non-hydrogen) atoms. The maximum Gasteiger partial charge on any atom is 0.293 e. The number of fused-ring (bicyclic) bond motifs is 1. The summed E-state index contributed by atoms with van der Waals surface area (Å²) in [6.45, 7) is 0.658. The smallest absolute Gasteiger partial charge is 0.293 e. The fraction of sp³-hybridized carbons (Fsp3) is 0.500. The zero-order chi connectivity index (χ0) is 20.7. The molecule has 1 N–H and O–H groups in total. The number of amides is 3. The van der Waals surface area contributed by atoms with Crippen LogP contribution in [0.2, 0.25) is 0 Å². The first-order valence-corrected chi connectivity index (χ1v) is 11.3. The molecule has 0 spiro atoms. The highest BCUT2D eigenvalue weighted by Gasteiger charge is 2.42. The van der Waals surface area contributed by atoms with E-state index in [1.54, 1.807) is 18.2 Å². The average Bonchev–Trinajstić information content (AvgIpc) is 3.65. The molecule has 1 saturated heterocycles. The largest absolute Gasteiger partial charge is 0.454 e. The molecule has 0 bridgehead atoms. The minimum atomic E-state index is -0.328. The molecule has 0 radical (unpaired) electrons. The number of benzene rings is 1. The number of carbonyl (C=O) groups is 3. The first-order chi connectivity index (χ1) is 14.6. The van der Waals surface area contributed by atoms with Gasteiger partial charge in [-0.05, 0) is 79.0 Å².